The third kappa shape index (κ3) is 7.86. The molecular weight excluding hydrogens is 665 g/mol. The molecule has 4 rings (SSSR count). The molecule has 14 heteroatoms. The lowest BCUT2D eigenvalue weighted by Crippen LogP contribution is -2.61. The summed E-state index contributed by atoms with van der Waals surface area (Å²) in [6.45, 7) is 8.08. The van der Waals surface area contributed by atoms with Gasteiger partial charge in [0.2, 0.25) is 5.91 Å². The number of aliphatic imine (C=N–C) groups is 1. The molecule has 0 bridgehead atoms. The molecule has 0 saturated carbocycles. The average Bonchev–Trinajstić information content (AvgIpc) is 3.67. The number of rotatable bonds is 13. The molecule has 0 fully saturated rings. The van der Waals surface area contributed by atoms with Gasteiger partial charge in [-0.15, -0.1) is 5.10 Å². The first-order valence-electron chi connectivity index (χ1n) is 15.3. The van der Waals surface area contributed by atoms with Crippen molar-refractivity contribution in [3.8, 4) is 0 Å². The number of aromatic nitrogens is 2. The number of carbonyl (C=O) groups is 3. The summed E-state index contributed by atoms with van der Waals surface area (Å²) in [5, 5.41) is 12.6. The van der Waals surface area contributed by atoms with Gasteiger partial charge in [0.1, 0.15) is 11.4 Å². The molecule has 3 N–H and O–H groups in total. The predicted octanol–water partition coefficient (Wildman–Crippen LogP) is 6.33. The Balaban J connectivity index is 1.67. The van der Waals surface area contributed by atoms with E-state index in [1.807, 2.05) is 51.1 Å². The van der Waals surface area contributed by atoms with Gasteiger partial charge < -0.3 is 10.1 Å². The van der Waals surface area contributed by atoms with E-state index in [4.69, 9.17) is 45.3 Å². The molecule has 2 aromatic carbocycles. The summed E-state index contributed by atoms with van der Waals surface area (Å²) in [6, 6.07) is 14.2. The number of amides is 2. The van der Waals surface area contributed by atoms with Gasteiger partial charge >= 0.3 is 5.97 Å². The first kappa shape index (κ1) is 36.1. The summed E-state index contributed by atoms with van der Waals surface area (Å²) in [5.74, 6) is -2.12. The molecule has 1 aromatic heterocycles. The first-order valence-corrected chi connectivity index (χ1v) is 16.4. The summed E-state index contributed by atoms with van der Waals surface area (Å²) in [6.07, 6.45) is 4.71. The van der Waals surface area contributed by atoms with Crippen LogP contribution in [0.3, 0.4) is 0 Å². The van der Waals surface area contributed by atoms with E-state index in [0.29, 0.717) is 19.4 Å². The second kappa shape index (κ2) is 15.4. The SMILES string of the molecule is CCCCOC(=O)C(CC(C)(CC)C(=O)NC1=NN(c2c(Cl)cc(Cl)cc2Cl)C(=O)C1(N)n1cccn1)=NCC(C)c1ccccc1. The smallest absolute Gasteiger partial charge is 0.352 e. The number of benzene rings is 2. The normalized spacial score (nSPS) is 18.5. The van der Waals surface area contributed by atoms with Crippen molar-refractivity contribution in [2.75, 3.05) is 18.2 Å². The Bertz CT molecular complexity index is 1640. The summed E-state index contributed by atoms with van der Waals surface area (Å²) in [7, 11) is 0. The lowest BCUT2D eigenvalue weighted by atomic mass is 9.80. The topological polar surface area (TPSA) is 144 Å². The summed E-state index contributed by atoms with van der Waals surface area (Å²) >= 11 is 19.0. The lowest BCUT2D eigenvalue weighted by molar-refractivity contribution is -0.136. The van der Waals surface area contributed by atoms with Gasteiger partial charge in [-0.2, -0.15) is 10.1 Å². The Morgan fingerprint density at radius 2 is 1.81 bits per heavy atom. The second-order valence-corrected chi connectivity index (χ2v) is 12.9. The van der Waals surface area contributed by atoms with Crippen molar-refractivity contribution in [1.82, 2.24) is 15.1 Å². The zero-order chi connectivity index (χ0) is 34.4. The highest BCUT2D eigenvalue weighted by Gasteiger charge is 2.54. The highest BCUT2D eigenvalue weighted by molar-refractivity contribution is 6.43. The quantitative estimate of drug-likeness (QED) is 0.121. The molecule has 2 amide bonds. The van der Waals surface area contributed by atoms with Crippen molar-refractivity contribution < 1.29 is 19.1 Å². The first-order chi connectivity index (χ1) is 22.3. The molecule has 3 atom stereocenters. The Hall–Kier alpha value is -3.77. The predicted molar refractivity (Wildman–Crippen MR) is 185 cm³/mol. The molecule has 2 heterocycles. The van der Waals surface area contributed by atoms with Crippen LogP contribution in [0.15, 0.2) is 71.0 Å². The molecule has 3 unspecified atom stereocenters. The van der Waals surface area contributed by atoms with Crippen molar-refractivity contribution in [3.05, 3.63) is 81.6 Å². The number of nitrogens with two attached hydrogens (primary N) is 1. The minimum atomic E-state index is -2.07. The van der Waals surface area contributed by atoms with E-state index in [1.54, 1.807) is 13.0 Å². The van der Waals surface area contributed by atoms with Crippen LogP contribution in [0.1, 0.15) is 64.9 Å². The standard InChI is InChI=1S/C33H38Cl3N7O4/c1-5-7-16-47-28(44)26(38-20-21(3)22-12-9-8-10-13-22)19-32(4,6-2)30(45)40-29-33(37,42-15-11-14-39-42)31(46)43(41-29)27-24(35)17-23(34)18-25(27)36/h8-15,17-18,21H,5-7,16,19-20,37H2,1-4H3,(H,40,41,45). The number of hydrogen-bond acceptors (Lipinski definition) is 8. The maximum Gasteiger partial charge on any atom is 0.352 e. The van der Waals surface area contributed by atoms with E-state index in [1.165, 1.54) is 29.2 Å². The minimum Gasteiger partial charge on any atom is -0.461 e. The largest absolute Gasteiger partial charge is 0.461 e. The lowest BCUT2D eigenvalue weighted by Gasteiger charge is -2.30. The molecular formula is C33H38Cl3N7O4. The van der Waals surface area contributed by atoms with Gasteiger partial charge in [-0.3, -0.25) is 20.3 Å². The fourth-order valence-corrected chi connectivity index (χ4v) is 5.87. The van der Waals surface area contributed by atoms with Gasteiger partial charge in [-0.05, 0) is 36.6 Å². The van der Waals surface area contributed by atoms with Crippen LogP contribution in [0.4, 0.5) is 5.69 Å². The number of nitrogens with one attached hydrogen (secondary N) is 1. The monoisotopic (exact) mass is 701 g/mol. The third-order valence-corrected chi connectivity index (χ3v) is 8.94. The van der Waals surface area contributed by atoms with Gasteiger partial charge in [0.25, 0.3) is 11.6 Å². The number of hydrazone groups is 1. The number of carbonyl (C=O) groups excluding carboxylic acids is 3. The van der Waals surface area contributed by atoms with E-state index < -0.39 is 28.9 Å². The Morgan fingerprint density at radius 1 is 1.13 bits per heavy atom. The molecule has 0 radical (unpaired) electrons. The van der Waals surface area contributed by atoms with Crippen molar-refractivity contribution in [2.24, 2.45) is 21.2 Å². The number of halogens is 3. The number of hydrogen-bond donors (Lipinski definition) is 2. The van der Waals surface area contributed by atoms with E-state index in [2.05, 4.69) is 20.5 Å². The van der Waals surface area contributed by atoms with Gasteiger partial charge in [-0.1, -0.05) is 99.3 Å². The fraction of sp³-hybridized carbons (Fsp3) is 0.394. The maximum atomic E-state index is 14.1. The zero-order valence-electron chi connectivity index (χ0n) is 26.7. The Morgan fingerprint density at radius 3 is 2.40 bits per heavy atom. The van der Waals surface area contributed by atoms with Crippen LogP contribution in [0.25, 0.3) is 0 Å². The third-order valence-electron chi connectivity index (χ3n) is 8.15. The van der Waals surface area contributed by atoms with E-state index in [9.17, 15) is 14.4 Å². The van der Waals surface area contributed by atoms with Crippen molar-refractivity contribution >= 4 is 69.8 Å². The second-order valence-electron chi connectivity index (χ2n) is 11.6. The highest BCUT2D eigenvalue weighted by Crippen LogP contribution is 2.40. The zero-order valence-corrected chi connectivity index (χ0v) is 28.9. The van der Waals surface area contributed by atoms with Crippen LogP contribution in [0.5, 0.6) is 0 Å². The number of nitrogens with zero attached hydrogens (tertiary/aromatic N) is 5. The van der Waals surface area contributed by atoms with Gasteiger partial charge in [0, 0.05) is 36.3 Å². The number of esters is 1. The van der Waals surface area contributed by atoms with Gasteiger partial charge in [0.15, 0.2) is 5.84 Å². The number of unbranched alkanes of at least 4 members (excludes halogenated alkanes) is 1. The molecule has 0 aliphatic carbocycles. The number of amidine groups is 1. The molecule has 47 heavy (non-hydrogen) atoms. The molecule has 0 saturated heterocycles. The summed E-state index contributed by atoms with van der Waals surface area (Å²) < 4.78 is 6.71. The van der Waals surface area contributed by atoms with Crippen molar-refractivity contribution in [3.63, 3.8) is 0 Å². The molecule has 250 valence electrons. The Labute approximate surface area is 289 Å². The van der Waals surface area contributed by atoms with E-state index in [0.717, 1.165) is 17.0 Å². The average molecular weight is 703 g/mol. The molecule has 0 spiro atoms. The van der Waals surface area contributed by atoms with Crippen LogP contribution in [0, 0.1) is 5.41 Å². The number of ether oxygens (including phenoxy) is 1. The van der Waals surface area contributed by atoms with Crippen LogP contribution in [-0.2, 0) is 24.8 Å². The molecule has 3 aromatic rings. The van der Waals surface area contributed by atoms with E-state index in [-0.39, 0.29) is 51.2 Å². The fourth-order valence-electron chi connectivity index (χ4n) is 4.89. The van der Waals surface area contributed by atoms with Crippen LogP contribution < -0.4 is 16.1 Å². The van der Waals surface area contributed by atoms with Gasteiger partial charge in [-0.25, -0.2) is 9.48 Å². The van der Waals surface area contributed by atoms with Crippen molar-refractivity contribution in [2.45, 2.75) is 65.0 Å². The van der Waals surface area contributed by atoms with Crippen LogP contribution in [-0.4, -0.2) is 52.3 Å². The Kier molecular flexibility index (Phi) is 11.8. The maximum absolute atomic E-state index is 14.1. The number of anilines is 1. The van der Waals surface area contributed by atoms with Crippen LogP contribution >= 0.6 is 34.8 Å². The van der Waals surface area contributed by atoms with E-state index >= 15 is 0 Å². The summed E-state index contributed by atoms with van der Waals surface area (Å²) in [4.78, 5) is 46.0. The van der Waals surface area contributed by atoms with Crippen LogP contribution in [0.2, 0.25) is 15.1 Å². The molecule has 1 aliphatic rings. The highest BCUT2D eigenvalue weighted by atomic mass is 35.5. The minimum absolute atomic E-state index is 0.0135. The molecule has 1 aliphatic heterocycles. The summed E-state index contributed by atoms with van der Waals surface area (Å²) in [5.41, 5.74) is 4.68. The molecule has 11 nitrogen and oxygen atoms in total. The van der Waals surface area contributed by atoms with Crippen molar-refractivity contribution in [1.29, 1.82) is 0 Å². The van der Waals surface area contributed by atoms with Gasteiger partial charge in [0.05, 0.1) is 22.1 Å².